The Morgan fingerprint density at radius 1 is 1.57 bits per heavy atom. The van der Waals surface area contributed by atoms with Gasteiger partial charge in [0.25, 0.3) is 0 Å². The summed E-state index contributed by atoms with van der Waals surface area (Å²) in [6.45, 7) is 2.62. The molecule has 1 atom stereocenters. The number of halogens is 1. The molecule has 0 saturated heterocycles. The Morgan fingerprint density at radius 2 is 2.36 bits per heavy atom. The molecule has 14 heavy (non-hydrogen) atoms. The lowest BCUT2D eigenvalue weighted by atomic mass is 9.78. The molecule has 0 amide bonds. The van der Waals surface area contributed by atoms with E-state index >= 15 is 0 Å². The zero-order valence-corrected chi connectivity index (χ0v) is 7.97. The Hall–Kier alpha value is -1.56. The second-order valence-corrected chi connectivity index (χ2v) is 3.81. The van der Waals surface area contributed by atoms with Crippen molar-refractivity contribution >= 4 is 5.69 Å². The highest BCUT2D eigenvalue weighted by Crippen LogP contribution is 2.36. The minimum atomic E-state index is -0.478. The number of nitriles is 1. The summed E-state index contributed by atoms with van der Waals surface area (Å²) in [7, 11) is 0. The van der Waals surface area contributed by atoms with Gasteiger partial charge in [0.05, 0.1) is 11.5 Å². The highest BCUT2D eigenvalue weighted by atomic mass is 19.1. The fourth-order valence-electron chi connectivity index (χ4n) is 1.84. The highest BCUT2D eigenvalue weighted by Gasteiger charge is 2.31. The lowest BCUT2D eigenvalue weighted by Crippen LogP contribution is -2.29. The van der Waals surface area contributed by atoms with E-state index in [2.05, 4.69) is 11.4 Å². The third-order valence-corrected chi connectivity index (χ3v) is 2.76. The van der Waals surface area contributed by atoms with Crippen LogP contribution in [-0.4, -0.2) is 6.54 Å². The minimum Gasteiger partial charge on any atom is -0.385 e. The molecule has 0 aliphatic carbocycles. The van der Waals surface area contributed by atoms with Crippen molar-refractivity contribution in [2.24, 2.45) is 0 Å². The van der Waals surface area contributed by atoms with Crippen molar-refractivity contribution < 1.29 is 4.39 Å². The smallest absolute Gasteiger partial charge is 0.125 e. The van der Waals surface area contributed by atoms with E-state index in [9.17, 15) is 4.39 Å². The first-order valence-corrected chi connectivity index (χ1v) is 4.61. The SMILES string of the molecule is CC1(C#N)CCNc2cc(F)ccc21. The van der Waals surface area contributed by atoms with E-state index in [0.29, 0.717) is 0 Å². The number of hydrogen-bond donors (Lipinski definition) is 1. The summed E-state index contributed by atoms with van der Waals surface area (Å²) >= 11 is 0. The monoisotopic (exact) mass is 190 g/mol. The maximum Gasteiger partial charge on any atom is 0.125 e. The summed E-state index contributed by atoms with van der Waals surface area (Å²) in [4.78, 5) is 0. The Bertz CT molecular complexity index is 408. The van der Waals surface area contributed by atoms with Gasteiger partial charge in [-0.1, -0.05) is 6.07 Å². The number of nitrogens with zero attached hydrogens (tertiary/aromatic N) is 1. The molecule has 0 fully saturated rings. The zero-order valence-electron chi connectivity index (χ0n) is 7.97. The van der Waals surface area contributed by atoms with Crippen molar-refractivity contribution in [1.82, 2.24) is 0 Å². The van der Waals surface area contributed by atoms with E-state index in [1.807, 2.05) is 6.92 Å². The average Bonchev–Trinajstić information content (AvgIpc) is 2.18. The van der Waals surface area contributed by atoms with Gasteiger partial charge in [-0.2, -0.15) is 5.26 Å². The second kappa shape index (κ2) is 2.98. The standard InChI is InChI=1S/C11H11FN2/c1-11(7-13)4-5-14-10-6-8(12)2-3-9(10)11/h2-3,6,14H,4-5H2,1H3. The van der Waals surface area contributed by atoms with Crippen LogP contribution in [0.3, 0.4) is 0 Å². The predicted molar refractivity (Wildman–Crippen MR) is 52.5 cm³/mol. The van der Waals surface area contributed by atoms with Crippen LogP contribution in [0, 0.1) is 17.1 Å². The average molecular weight is 190 g/mol. The third kappa shape index (κ3) is 1.24. The summed E-state index contributed by atoms with van der Waals surface area (Å²) in [5.74, 6) is -0.265. The normalized spacial score (nSPS) is 24.6. The van der Waals surface area contributed by atoms with Gasteiger partial charge in [-0.3, -0.25) is 0 Å². The molecular weight excluding hydrogens is 179 g/mol. The van der Waals surface area contributed by atoms with E-state index in [1.54, 1.807) is 6.07 Å². The van der Waals surface area contributed by atoms with Crippen LogP contribution in [0.4, 0.5) is 10.1 Å². The first-order chi connectivity index (χ1) is 6.65. The fraction of sp³-hybridized carbons (Fsp3) is 0.364. The van der Waals surface area contributed by atoms with Gasteiger partial charge in [-0.15, -0.1) is 0 Å². The lowest BCUT2D eigenvalue weighted by Gasteiger charge is -2.30. The number of anilines is 1. The Balaban J connectivity index is 2.57. The van der Waals surface area contributed by atoms with Crippen LogP contribution in [0.1, 0.15) is 18.9 Å². The van der Waals surface area contributed by atoms with E-state index in [1.165, 1.54) is 12.1 Å². The van der Waals surface area contributed by atoms with Crippen LogP contribution in [-0.2, 0) is 5.41 Å². The van der Waals surface area contributed by atoms with Gasteiger partial charge in [0.1, 0.15) is 5.82 Å². The molecule has 0 saturated carbocycles. The maximum atomic E-state index is 12.9. The molecule has 1 N–H and O–H groups in total. The summed E-state index contributed by atoms with van der Waals surface area (Å²) in [6.07, 6.45) is 0.766. The van der Waals surface area contributed by atoms with Crippen molar-refractivity contribution in [1.29, 1.82) is 5.26 Å². The Kier molecular flexibility index (Phi) is 1.92. The molecule has 2 nitrogen and oxygen atoms in total. The Morgan fingerprint density at radius 3 is 3.07 bits per heavy atom. The minimum absolute atomic E-state index is 0.265. The molecule has 1 heterocycles. The van der Waals surface area contributed by atoms with E-state index in [-0.39, 0.29) is 5.82 Å². The number of nitrogens with one attached hydrogen (secondary N) is 1. The molecule has 1 unspecified atom stereocenters. The molecule has 0 radical (unpaired) electrons. The molecule has 0 aromatic heterocycles. The van der Waals surface area contributed by atoms with Crippen LogP contribution in [0.15, 0.2) is 18.2 Å². The van der Waals surface area contributed by atoms with Crippen molar-refractivity contribution in [3.8, 4) is 6.07 Å². The Labute approximate surface area is 82.4 Å². The molecular formula is C11H11FN2. The van der Waals surface area contributed by atoms with Gasteiger partial charge in [-0.25, -0.2) is 4.39 Å². The topological polar surface area (TPSA) is 35.8 Å². The summed E-state index contributed by atoms with van der Waals surface area (Å²) < 4.78 is 12.9. The van der Waals surface area contributed by atoms with Crippen molar-refractivity contribution in [2.45, 2.75) is 18.8 Å². The molecule has 1 aromatic carbocycles. The van der Waals surface area contributed by atoms with Crippen molar-refractivity contribution in [3.63, 3.8) is 0 Å². The molecule has 0 spiro atoms. The first kappa shape index (κ1) is 9.01. The number of benzene rings is 1. The van der Waals surface area contributed by atoms with Crippen molar-refractivity contribution in [2.75, 3.05) is 11.9 Å². The van der Waals surface area contributed by atoms with Crippen molar-refractivity contribution in [3.05, 3.63) is 29.6 Å². The van der Waals surface area contributed by atoms with Crippen LogP contribution >= 0.6 is 0 Å². The highest BCUT2D eigenvalue weighted by molar-refractivity contribution is 5.58. The van der Waals surface area contributed by atoms with Gasteiger partial charge in [0.2, 0.25) is 0 Å². The number of hydrogen-bond acceptors (Lipinski definition) is 2. The van der Waals surface area contributed by atoms with Gasteiger partial charge in [0, 0.05) is 12.2 Å². The van der Waals surface area contributed by atoms with E-state index < -0.39 is 5.41 Å². The van der Waals surface area contributed by atoms with Gasteiger partial charge >= 0.3 is 0 Å². The number of rotatable bonds is 0. The summed E-state index contributed by atoms with van der Waals surface area (Å²) in [5, 5.41) is 12.2. The van der Waals surface area contributed by atoms with Crippen LogP contribution in [0.25, 0.3) is 0 Å². The molecule has 1 aliphatic rings. The van der Waals surface area contributed by atoms with E-state index in [0.717, 1.165) is 24.2 Å². The van der Waals surface area contributed by atoms with E-state index in [4.69, 9.17) is 5.26 Å². The fourth-order valence-corrected chi connectivity index (χ4v) is 1.84. The quantitative estimate of drug-likeness (QED) is 0.682. The van der Waals surface area contributed by atoms with Gasteiger partial charge < -0.3 is 5.32 Å². The maximum absolute atomic E-state index is 12.9. The first-order valence-electron chi connectivity index (χ1n) is 4.61. The molecule has 72 valence electrons. The van der Waals surface area contributed by atoms with Crippen LogP contribution in [0.5, 0.6) is 0 Å². The molecule has 1 aromatic rings. The lowest BCUT2D eigenvalue weighted by molar-refractivity contribution is 0.550. The predicted octanol–water partition coefficient (Wildman–Crippen LogP) is 2.42. The van der Waals surface area contributed by atoms with Gasteiger partial charge in [-0.05, 0) is 31.0 Å². The van der Waals surface area contributed by atoms with Crippen LogP contribution < -0.4 is 5.32 Å². The summed E-state index contributed by atoms with van der Waals surface area (Å²) in [6, 6.07) is 6.84. The second-order valence-electron chi connectivity index (χ2n) is 3.81. The van der Waals surface area contributed by atoms with Gasteiger partial charge in [0.15, 0.2) is 0 Å². The largest absolute Gasteiger partial charge is 0.385 e. The molecule has 2 rings (SSSR count). The van der Waals surface area contributed by atoms with Crippen LogP contribution in [0.2, 0.25) is 0 Å². The number of fused-ring (bicyclic) bond motifs is 1. The zero-order chi connectivity index (χ0) is 10.2. The third-order valence-electron chi connectivity index (χ3n) is 2.76. The molecule has 3 heteroatoms. The summed E-state index contributed by atoms with van der Waals surface area (Å²) in [5.41, 5.74) is 1.17. The molecule has 0 bridgehead atoms. The molecule has 1 aliphatic heterocycles.